The second-order valence-corrected chi connectivity index (χ2v) is 5.09. The van der Waals surface area contributed by atoms with E-state index in [1.807, 2.05) is 41.1 Å². The Morgan fingerprint density at radius 2 is 1.95 bits per heavy atom. The molecular weight excluding hydrogens is 284 g/mol. The fraction of sp³-hybridized carbons (Fsp3) is 0.188. The van der Waals surface area contributed by atoms with Crippen LogP contribution in [0.1, 0.15) is 19.2 Å². The molecule has 0 aliphatic carbocycles. The van der Waals surface area contributed by atoms with Crippen molar-refractivity contribution in [3.05, 3.63) is 59.8 Å². The molecule has 5 heteroatoms. The number of halogens is 1. The van der Waals surface area contributed by atoms with Gasteiger partial charge in [0.1, 0.15) is 16.8 Å². The Bertz CT molecular complexity index is 737. The van der Waals surface area contributed by atoms with E-state index in [9.17, 15) is 0 Å². The molecule has 0 unspecified atom stereocenters. The lowest BCUT2D eigenvalue weighted by Crippen LogP contribution is -2.04. The summed E-state index contributed by atoms with van der Waals surface area (Å²) < 4.78 is 1.96. The number of aromatic nitrogens is 4. The summed E-state index contributed by atoms with van der Waals surface area (Å²) in [6, 6.07) is 11.6. The fourth-order valence-electron chi connectivity index (χ4n) is 2.20. The van der Waals surface area contributed by atoms with E-state index in [0.717, 1.165) is 30.0 Å². The number of aryl methyl sites for hydroxylation is 1. The lowest BCUT2D eigenvalue weighted by atomic mass is 10.2. The SMILES string of the molecule is CCCc1nccn1-c1cc(Cl)nc(-c2ccccc2)n1. The van der Waals surface area contributed by atoms with Gasteiger partial charge in [-0.3, -0.25) is 4.57 Å². The lowest BCUT2D eigenvalue weighted by Gasteiger charge is -2.08. The van der Waals surface area contributed by atoms with Gasteiger partial charge >= 0.3 is 0 Å². The molecule has 0 aliphatic heterocycles. The van der Waals surface area contributed by atoms with Crippen LogP contribution in [0.5, 0.6) is 0 Å². The molecule has 0 radical (unpaired) electrons. The topological polar surface area (TPSA) is 43.6 Å². The molecule has 0 spiro atoms. The minimum Gasteiger partial charge on any atom is -0.288 e. The van der Waals surface area contributed by atoms with E-state index in [4.69, 9.17) is 11.6 Å². The maximum atomic E-state index is 6.16. The van der Waals surface area contributed by atoms with Crippen molar-refractivity contribution in [2.75, 3.05) is 0 Å². The first-order valence-electron chi connectivity index (χ1n) is 6.90. The molecule has 0 fully saturated rings. The molecule has 3 aromatic rings. The van der Waals surface area contributed by atoms with E-state index in [0.29, 0.717) is 11.0 Å². The van der Waals surface area contributed by atoms with Gasteiger partial charge in [0.25, 0.3) is 0 Å². The summed E-state index contributed by atoms with van der Waals surface area (Å²) in [5, 5.41) is 0.426. The Morgan fingerprint density at radius 1 is 1.14 bits per heavy atom. The minimum atomic E-state index is 0.426. The van der Waals surface area contributed by atoms with Crippen molar-refractivity contribution in [2.45, 2.75) is 19.8 Å². The Kier molecular flexibility index (Phi) is 3.97. The van der Waals surface area contributed by atoms with Crippen molar-refractivity contribution < 1.29 is 0 Å². The molecule has 4 nitrogen and oxygen atoms in total. The molecule has 0 saturated heterocycles. The smallest absolute Gasteiger partial charge is 0.163 e. The first-order chi connectivity index (χ1) is 10.3. The van der Waals surface area contributed by atoms with Crippen molar-refractivity contribution in [3.63, 3.8) is 0 Å². The van der Waals surface area contributed by atoms with E-state index < -0.39 is 0 Å². The van der Waals surface area contributed by atoms with Gasteiger partial charge in [-0.2, -0.15) is 0 Å². The van der Waals surface area contributed by atoms with Crippen LogP contribution in [-0.2, 0) is 6.42 Å². The first-order valence-corrected chi connectivity index (χ1v) is 7.28. The fourth-order valence-corrected chi connectivity index (χ4v) is 2.37. The molecule has 0 aliphatic rings. The van der Waals surface area contributed by atoms with Crippen LogP contribution in [0, 0.1) is 0 Å². The number of imidazole rings is 1. The maximum Gasteiger partial charge on any atom is 0.163 e. The van der Waals surface area contributed by atoms with E-state index >= 15 is 0 Å². The second kappa shape index (κ2) is 6.06. The third-order valence-electron chi connectivity index (χ3n) is 3.15. The predicted octanol–water partition coefficient (Wildman–Crippen LogP) is 3.94. The van der Waals surface area contributed by atoms with Gasteiger partial charge in [-0.15, -0.1) is 0 Å². The molecule has 21 heavy (non-hydrogen) atoms. The van der Waals surface area contributed by atoms with Gasteiger partial charge in [0.05, 0.1) is 0 Å². The molecule has 0 amide bonds. The van der Waals surface area contributed by atoms with Gasteiger partial charge in [0.15, 0.2) is 5.82 Å². The third-order valence-corrected chi connectivity index (χ3v) is 3.34. The first kappa shape index (κ1) is 13.8. The van der Waals surface area contributed by atoms with Crippen LogP contribution in [0.4, 0.5) is 0 Å². The molecule has 106 valence electrons. The van der Waals surface area contributed by atoms with Crippen LogP contribution < -0.4 is 0 Å². The molecule has 1 aromatic carbocycles. The summed E-state index contributed by atoms with van der Waals surface area (Å²) in [7, 11) is 0. The Balaban J connectivity index is 2.08. The highest BCUT2D eigenvalue weighted by Gasteiger charge is 2.10. The zero-order valence-corrected chi connectivity index (χ0v) is 12.5. The lowest BCUT2D eigenvalue weighted by molar-refractivity contribution is 0.797. The summed E-state index contributed by atoms with van der Waals surface area (Å²) in [6.45, 7) is 2.13. The number of benzene rings is 1. The third kappa shape index (κ3) is 2.95. The van der Waals surface area contributed by atoms with Crippen molar-refractivity contribution in [3.8, 4) is 17.2 Å². The zero-order chi connectivity index (χ0) is 14.7. The number of nitrogens with zero attached hydrogens (tertiary/aromatic N) is 4. The summed E-state index contributed by atoms with van der Waals surface area (Å²) in [6.07, 6.45) is 5.61. The van der Waals surface area contributed by atoms with Crippen LogP contribution in [0.25, 0.3) is 17.2 Å². The number of hydrogen-bond acceptors (Lipinski definition) is 3. The van der Waals surface area contributed by atoms with Gasteiger partial charge in [-0.05, 0) is 6.42 Å². The molecule has 3 rings (SSSR count). The zero-order valence-electron chi connectivity index (χ0n) is 11.7. The largest absolute Gasteiger partial charge is 0.288 e. The minimum absolute atomic E-state index is 0.426. The van der Waals surface area contributed by atoms with E-state index in [-0.39, 0.29) is 0 Å². The van der Waals surface area contributed by atoms with Crippen molar-refractivity contribution in [1.29, 1.82) is 0 Å². The molecule has 0 N–H and O–H groups in total. The second-order valence-electron chi connectivity index (χ2n) is 4.70. The highest BCUT2D eigenvalue weighted by atomic mass is 35.5. The summed E-state index contributed by atoms with van der Waals surface area (Å²) >= 11 is 6.16. The molecule has 0 atom stereocenters. The summed E-state index contributed by atoms with van der Waals surface area (Å²) in [5.41, 5.74) is 0.943. The van der Waals surface area contributed by atoms with Crippen molar-refractivity contribution >= 4 is 11.6 Å². The monoisotopic (exact) mass is 298 g/mol. The number of rotatable bonds is 4. The summed E-state index contributed by atoms with van der Waals surface area (Å²) in [5.74, 6) is 2.34. The number of hydrogen-bond donors (Lipinski definition) is 0. The van der Waals surface area contributed by atoms with Gasteiger partial charge in [0, 0.05) is 30.4 Å². The van der Waals surface area contributed by atoms with Gasteiger partial charge in [-0.1, -0.05) is 48.9 Å². The van der Waals surface area contributed by atoms with Crippen LogP contribution in [0.2, 0.25) is 5.15 Å². The molecule has 2 heterocycles. The average Bonchev–Trinajstić information content (AvgIpc) is 2.96. The van der Waals surface area contributed by atoms with Gasteiger partial charge < -0.3 is 0 Å². The Hall–Kier alpha value is -2.20. The van der Waals surface area contributed by atoms with E-state index in [1.54, 1.807) is 12.3 Å². The van der Waals surface area contributed by atoms with Crippen molar-refractivity contribution in [1.82, 2.24) is 19.5 Å². The van der Waals surface area contributed by atoms with Crippen LogP contribution in [-0.4, -0.2) is 19.5 Å². The highest BCUT2D eigenvalue weighted by molar-refractivity contribution is 6.29. The van der Waals surface area contributed by atoms with E-state index in [1.165, 1.54) is 0 Å². The standard InChI is InChI=1S/C16H15ClN4/c1-2-6-14-18-9-10-21(14)15-11-13(17)19-16(20-15)12-7-4-3-5-8-12/h3-5,7-11H,2,6H2,1H3. The van der Waals surface area contributed by atoms with Gasteiger partial charge in [-0.25, -0.2) is 15.0 Å². The van der Waals surface area contributed by atoms with Crippen LogP contribution >= 0.6 is 11.6 Å². The van der Waals surface area contributed by atoms with Crippen molar-refractivity contribution in [2.24, 2.45) is 0 Å². The Labute approximate surface area is 128 Å². The molecule has 0 saturated carbocycles. The van der Waals surface area contributed by atoms with E-state index in [2.05, 4.69) is 21.9 Å². The Morgan fingerprint density at radius 3 is 2.71 bits per heavy atom. The van der Waals surface area contributed by atoms with Crippen LogP contribution in [0.3, 0.4) is 0 Å². The molecule has 2 aromatic heterocycles. The predicted molar refractivity (Wildman–Crippen MR) is 83.6 cm³/mol. The molecule has 0 bridgehead atoms. The summed E-state index contributed by atoms with van der Waals surface area (Å²) in [4.78, 5) is 13.3. The highest BCUT2D eigenvalue weighted by Crippen LogP contribution is 2.20. The quantitative estimate of drug-likeness (QED) is 0.685. The molecular formula is C16H15ClN4. The normalized spacial score (nSPS) is 10.8. The van der Waals surface area contributed by atoms with Crippen LogP contribution in [0.15, 0.2) is 48.8 Å². The average molecular weight is 299 g/mol. The maximum absolute atomic E-state index is 6.16. The van der Waals surface area contributed by atoms with Gasteiger partial charge in [0.2, 0.25) is 0 Å².